The summed E-state index contributed by atoms with van der Waals surface area (Å²) >= 11 is 5.95. The average Bonchev–Trinajstić information content (AvgIpc) is 2.54. The first-order chi connectivity index (χ1) is 11.4. The van der Waals surface area contributed by atoms with Crippen LogP contribution in [0.2, 0.25) is 5.02 Å². The Hall–Kier alpha value is -2.60. The van der Waals surface area contributed by atoms with Crippen LogP contribution in [0.4, 0.5) is 5.69 Å². The third kappa shape index (κ3) is 4.70. The first-order valence-electron chi connectivity index (χ1n) is 7.31. The maximum atomic E-state index is 12.2. The van der Waals surface area contributed by atoms with Gasteiger partial charge in [-0.2, -0.15) is 0 Å². The summed E-state index contributed by atoms with van der Waals surface area (Å²) in [7, 11) is 0. The zero-order valence-corrected chi connectivity index (χ0v) is 14.0. The molecule has 0 aromatic heterocycles. The van der Waals surface area contributed by atoms with Gasteiger partial charge in [-0.1, -0.05) is 29.3 Å². The van der Waals surface area contributed by atoms with E-state index in [9.17, 15) is 14.9 Å². The average molecular weight is 349 g/mol. The molecular weight excluding hydrogens is 332 g/mol. The summed E-state index contributed by atoms with van der Waals surface area (Å²) in [6, 6.07) is 11.0. The van der Waals surface area contributed by atoms with Crippen LogP contribution in [0.1, 0.15) is 22.8 Å². The standard InChI is InChI=1S/C17H17ClN2O4/c1-11-3-6-14(7-4-11)24-10-12(2)19-17(21)15-9-13(20(22)23)5-8-16(15)18/h3-9,12H,10H2,1-2H3,(H,19,21)/t12-/m0/s1. The maximum absolute atomic E-state index is 12.2. The van der Waals surface area contributed by atoms with Crippen LogP contribution in [0.25, 0.3) is 0 Å². The number of non-ortho nitro benzene ring substituents is 1. The molecule has 0 aliphatic rings. The third-order valence-corrected chi connectivity index (χ3v) is 3.63. The highest BCUT2D eigenvalue weighted by Crippen LogP contribution is 2.22. The van der Waals surface area contributed by atoms with Gasteiger partial charge in [0.15, 0.2) is 0 Å². The molecular formula is C17H17ClN2O4. The summed E-state index contributed by atoms with van der Waals surface area (Å²) in [6.45, 7) is 4.02. The smallest absolute Gasteiger partial charge is 0.270 e. The molecule has 2 aromatic rings. The Bertz CT molecular complexity index is 747. The monoisotopic (exact) mass is 348 g/mol. The number of nitro groups is 1. The molecule has 0 spiro atoms. The van der Waals surface area contributed by atoms with Gasteiger partial charge in [-0.05, 0) is 32.0 Å². The molecule has 1 amide bonds. The number of amides is 1. The lowest BCUT2D eigenvalue weighted by atomic mass is 10.1. The molecule has 0 saturated carbocycles. The van der Waals surface area contributed by atoms with Crippen molar-refractivity contribution in [3.8, 4) is 5.75 Å². The quantitative estimate of drug-likeness (QED) is 0.636. The molecule has 0 fully saturated rings. The summed E-state index contributed by atoms with van der Waals surface area (Å²) in [5.74, 6) is 0.221. The second kappa shape index (κ2) is 7.79. The molecule has 0 bridgehead atoms. The normalized spacial score (nSPS) is 11.6. The van der Waals surface area contributed by atoms with Gasteiger partial charge < -0.3 is 10.1 Å². The molecule has 0 saturated heterocycles. The highest BCUT2D eigenvalue weighted by atomic mass is 35.5. The highest BCUT2D eigenvalue weighted by Gasteiger charge is 2.17. The molecule has 2 aromatic carbocycles. The van der Waals surface area contributed by atoms with Crippen LogP contribution in [-0.4, -0.2) is 23.5 Å². The molecule has 24 heavy (non-hydrogen) atoms. The van der Waals surface area contributed by atoms with Crippen LogP contribution in [-0.2, 0) is 0 Å². The van der Waals surface area contributed by atoms with E-state index in [2.05, 4.69) is 5.32 Å². The van der Waals surface area contributed by atoms with Crippen LogP contribution in [0.5, 0.6) is 5.75 Å². The lowest BCUT2D eigenvalue weighted by molar-refractivity contribution is -0.384. The minimum Gasteiger partial charge on any atom is -0.491 e. The minimum atomic E-state index is -0.572. The molecule has 1 N–H and O–H groups in total. The number of nitro benzene ring substituents is 1. The predicted molar refractivity (Wildman–Crippen MR) is 91.7 cm³/mol. The van der Waals surface area contributed by atoms with E-state index >= 15 is 0 Å². The van der Waals surface area contributed by atoms with Gasteiger partial charge >= 0.3 is 0 Å². The fourth-order valence-corrected chi connectivity index (χ4v) is 2.20. The molecule has 126 valence electrons. The maximum Gasteiger partial charge on any atom is 0.270 e. The van der Waals surface area contributed by atoms with Crippen molar-refractivity contribution in [2.24, 2.45) is 0 Å². The summed E-state index contributed by atoms with van der Waals surface area (Å²) in [4.78, 5) is 22.5. The zero-order valence-electron chi connectivity index (χ0n) is 13.3. The van der Waals surface area contributed by atoms with Crippen LogP contribution in [0.15, 0.2) is 42.5 Å². The largest absolute Gasteiger partial charge is 0.491 e. The fourth-order valence-electron chi connectivity index (χ4n) is 2.00. The number of carbonyl (C=O) groups excluding carboxylic acids is 1. The van der Waals surface area contributed by atoms with Crippen LogP contribution < -0.4 is 10.1 Å². The second-order valence-electron chi connectivity index (χ2n) is 5.42. The lowest BCUT2D eigenvalue weighted by Gasteiger charge is -2.15. The van der Waals surface area contributed by atoms with Crippen molar-refractivity contribution < 1.29 is 14.5 Å². The van der Waals surface area contributed by atoms with Crippen molar-refractivity contribution in [3.63, 3.8) is 0 Å². The first kappa shape index (κ1) is 17.7. The summed E-state index contributed by atoms with van der Waals surface area (Å²) in [5, 5.41) is 13.7. The molecule has 0 radical (unpaired) electrons. The SMILES string of the molecule is Cc1ccc(OC[C@H](C)NC(=O)c2cc([N+](=O)[O-])ccc2Cl)cc1. The topological polar surface area (TPSA) is 81.5 Å². The van der Waals surface area contributed by atoms with Crippen molar-refractivity contribution in [3.05, 3.63) is 68.7 Å². The van der Waals surface area contributed by atoms with Gasteiger partial charge in [-0.25, -0.2) is 0 Å². The summed E-state index contributed by atoms with van der Waals surface area (Å²) in [6.07, 6.45) is 0. The van der Waals surface area contributed by atoms with Gasteiger partial charge in [0.2, 0.25) is 0 Å². The van der Waals surface area contributed by atoms with E-state index in [0.717, 1.165) is 11.6 Å². The Kier molecular flexibility index (Phi) is 5.76. The Balaban J connectivity index is 1.97. The van der Waals surface area contributed by atoms with E-state index < -0.39 is 10.8 Å². The van der Waals surface area contributed by atoms with Crippen molar-refractivity contribution in [1.82, 2.24) is 5.32 Å². The minimum absolute atomic E-state index is 0.0630. The molecule has 0 heterocycles. The van der Waals surface area contributed by atoms with Gasteiger partial charge in [0.05, 0.1) is 21.6 Å². The first-order valence-corrected chi connectivity index (χ1v) is 7.69. The second-order valence-corrected chi connectivity index (χ2v) is 5.83. The number of rotatable bonds is 6. The summed E-state index contributed by atoms with van der Waals surface area (Å²) < 4.78 is 5.60. The predicted octanol–water partition coefficient (Wildman–Crippen LogP) is 3.75. The van der Waals surface area contributed by atoms with Gasteiger partial charge in [-0.15, -0.1) is 0 Å². The molecule has 2 rings (SSSR count). The van der Waals surface area contributed by atoms with Crippen molar-refractivity contribution in [1.29, 1.82) is 0 Å². The molecule has 1 atom stereocenters. The molecule has 0 aliphatic carbocycles. The Morgan fingerprint density at radius 2 is 1.96 bits per heavy atom. The molecule has 0 aliphatic heterocycles. The van der Waals surface area contributed by atoms with Crippen LogP contribution in [0, 0.1) is 17.0 Å². The number of halogens is 1. The lowest BCUT2D eigenvalue weighted by Crippen LogP contribution is -2.36. The van der Waals surface area contributed by atoms with E-state index in [4.69, 9.17) is 16.3 Å². The third-order valence-electron chi connectivity index (χ3n) is 3.30. The highest BCUT2D eigenvalue weighted by molar-refractivity contribution is 6.33. The summed E-state index contributed by atoms with van der Waals surface area (Å²) in [5.41, 5.74) is 1.00. The van der Waals surface area contributed by atoms with Crippen molar-refractivity contribution in [2.75, 3.05) is 6.61 Å². The van der Waals surface area contributed by atoms with Gasteiger partial charge in [0, 0.05) is 12.1 Å². The van der Waals surface area contributed by atoms with E-state index in [1.807, 2.05) is 31.2 Å². The number of hydrogen-bond acceptors (Lipinski definition) is 4. The van der Waals surface area contributed by atoms with Crippen molar-refractivity contribution >= 4 is 23.2 Å². The van der Waals surface area contributed by atoms with E-state index in [1.54, 1.807) is 6.92 Å². The number of ether oxygens (including phenoxy) is 1. The molecule has 0 unspecified atom stereocenters. The van der Waals surface area contributed by atoms with Gasteiger partial charge in [0.25, 0.3) is 11.6 Å². The van der Waals surface area contributed by atoms with Crippen molar-refractivity contribution in [2.45, 2.75) is 19.9 Å². The number of carbonyl (C=O) groups is 1. The zero-order chi connectivity index (χ0) is 17.7. The van der Waals surface area contributed by atoms with Gasteiger partial charge in [-0.3, -0.25) is 14.9 Å². The Morgan fingerprint density at radius 1 is 1.29 bits per heavy atom. The Morgan fingerprint density at radius 3 is 2.58 bits per heavy atom. The van der Waals surface area contributed by atoms with Crippen LogP contribution in [0.3, 0.4) is 0 Å². The molecule has 7 heteroatoms. The van der Waals surface area contributed by atoms with Crippen LogP contribution >= 0.6 is 11.6 Å². The molecule has 6 nitrogen and oxygen atoms in total. The number of nitrogens with one attached hydrogen (secondary N) is 1. The number of benzene rings is 2. The van der Waals surface area contributed by atoms with E-state index in [0.29, 0.717) is 5.75 Å². The fraction of sp³-hybridized carbons (Fsp3) is 0.235. The number of nitrogens with zero attached hydrogens (tertiary/aromatic N) is 1. The van der Waals surface area contributed by atoms with Gasteiger partial charge in [0.1, 0.15) is 12.4 Å². The number of aryl methyl sites for hydroxylation is 1. The number of hydrogen-bond donors (Lipinski definition) is 1. The van der Waals surface area contributed by atoms with E-state index in [-0.39, 0.29) is 28.9 Å². The van der Waals surface area contributed by atoms with E-state index in [1.165, 1.54) is 12.1 Å². The Labute approximate surface area is 144 Å².